The number of hydrogen-bond donors (Lipinski definition) is 0. The smallest absolute Gasteiger partial charge is 0.244 e. The van der Waals surface area contributed by atoms with Gasteiger partial charge in [0.15, 0.2) is 6.10 Å². The summed E-state index contributed by atoms with van der Waals surface area (Å²) in [5, 5.41) is 11.9. The predicted octanol–water partition coefficient (Wildman–Crippen LogP) is 4.96. The molecule has 2 aliphatic heterocycles. The second-order valence-electron chi connectivity index (χ2n) is 8.90. The summed E-state index contributed by atoms with van der Waals surface area (Å²) in [5.41, 5.74) is 3.73. The summed E-state index contributed by atoms with van der Waals surface area (Å²) >= 11 is 1.68. The molecule has 0 radical (unpaired) electrons. The number of hydrogen-bond acceptors (Lipinski definition) is 7. The molecule has 2 aromatic heterocycles. The highest BCUT2D eigenvalue weighted by Gasteiger charge is 2.28. The Morgan fingerprint density at radius 3 is 2.61 bits per heavy atom. The highest BCUT2D eigenvalue weighted by atomic mass is 32.1. The number of thiazole rings is 1. The molecule has 192 valence electrons. The van der Waals surface area contributed by atoms with Gasteiger partial charge in [-0.3, -0.25) is 9.48 Å². The van der Waals surface area contributed by atoms with Gasteiger partial charge in [0.25, 0.3) is 0 Å². The molecule has 9 heteroatoms. The van der Waals surface area contributed by atoms with Gasteiger partial charge >= 0.3 is 0 Å². The number of carbonyl (C=O) groups excluding carboxylic acids is 1. The first-order chi connectivity index (χ1) is 17.5. The molecule has 1 saturated heterocycles. The van der Waals surface area contributed by atoms with E-state index in [1.54, 1.807) is 16.0 Å². The van der Waals surface area contributed by atoms with E-state index in [-0.39, 0.29) is 12.0 Å². The van der Waals surface area contributed by atoms with Crippen LogP contribution in [0.4, 0.5) is 0 Å². The van der Waals surface area contributed by atoms with Crippen LogP contribution in [-0.2, 0) is 16.2 Å². The fraction of sp³-hybridized carbons (Fsp3) is 0.481. The molecule has 0 bridgehead atoms. The molecule has 2 aliphatic rings. The number of benzene rings is 1. The van der Waals surface area contributed by atoms with Crippen molar-refractivity contribution in [2.45, 2.75) is 65.5 Å². The molecular weight excluding hydrogens is 474 g/mol. The van der Waals surface area contributed by atoms with Gasteiger partial charge in [-0.1, -0.05) is 37.2 Å². The summed E-state index contributed by atoms with van der Waals surface area (Å²) in [5.74, 6) is 1.33. The van der Waals surface area contributed by atoms with Crippen LogP contribution in [0, 0.1) is 13.8 Å². The average molecular weight is 510 g/mol. The maximum atomic E-state index is 12.7. The van der Waals surface area contributed by atoms with E-state index in [4.69, 9.17) is 14.6 Å². The van der Waals surface area contributed by atoms with E-state index in [2.05, 4.69) is 15.6 Å². The summed E-state index contributed by atoms with van der Waals surface area (Å²) < 4.78 is 7.59. The topological polar surface area (TPSA) is 81.8 Å². The largest absolute Gasteiger partial charge is 0.490 e. The number of ether oxygens (including phenoxy) is 1. The molecule has 0 saturated carbocycles. The second kappa shape index (κ2) is 12.2. The lowest BCUT2D eigenvalue weighted by Gasteiger charge is -2.31. The third-order valence-electron chi connectivity index (χ3n) is 6.31. The minimum absolute atomic E-state index is 0.100. The van der Waals surface area contributed by atoms with Gasteiger partial charge in [0.05, 0.1) is 16.4 Å². The van der Waals surface area contributed by atoms with Crippen LogP contribution < -0.4 is 4.74 Å². The number of likely N-dealkylation sites (tertiary alicyclic amines) is 1. The molecule has 1 unspecified atom stereocenters. The fourth-order valence-corrected chi connectivity index (χ4v) is 5.42. The molecule has 1 aromatic carbocycles. The minimum atomic E-state index is -0.100. The van der Waals surface area contributed by atoms with Crippen molar-refractivity contribution in [1.82, 2.24) is 19.7 Å². The zero-order chi connectivity index (χ0) is 25.5. The Balaban J connectivity index is 0.00000148. The first kappa shape index (κ1) is 25.9. The van der Waals surface area contributed by atoms with Crippen molar-refractivity contribution < 1.29 is 14.4 Å². The summed E-state index contributed by atoms with van der Waals surface area (Å²) in [7, 11) is 0. The van der Waals surface area contributed by atoms with Gasteiger partial charge < -0.3 is 14.5 Å². The van der Waals surface area contributed by atoms with Crippen molar-refractivity contribution in [3.63, 3.8) is 0 Å². The van der Waals surface area contributed by atoms with E-state index < -0.39 is 0 Å². The SMILES string of the molecule is CC.Cc1cc(C)n(CC(=O)N2CCC(c3nc(C4=NOC(COc5ccccc5)C4)cs3)CC2)n1. The summed E-state index contributed by atoms with van der Waals surface area (Å²) in [4.78, 5) is 25.1. The molecule has 0 aliphatic carbocycles. The van der Waals surface area contributed by atoms with Crippen molar-refractivity contribution in [2.24, 2.45) is 5.16 Å². The van der Waals surface area contributed by atoms with E-state index >= 15 is 0 Å². The monoisotopic (exact) mass is 509 g/mol. The lowest BCUT2D eigenvalue weighted by atomic mass is 9.97. The van der Waals surface area contributed by atoms with Gasteiger partial charge in [0.1, 0.15) is 24.6 Å². The minimum Gasteiger partial charge on any atom is -0.490 e. The van der Waals surface area contributed by atoms with Crippen molar-refractivity contribution in [3.05, 3.63) is 63.9 Å². The Morgan fingerprint density at radius 2 is 1.92 bits per heavy atom. The van der Waals surface area contributed by atoms with Crippen molar-refractivity contribution >= 4 is 23.0 Å². The average Bonchev–Trinajstić information content (AvgIpc) is 3.65. The first-order valence-corrected chi connectivity index (χ1v) is 13.6. The van der Waals surface area contributed by atoms with E-state index in [1.165, 1.54) is 0 Å². The lowest BCUT2D eigenvalue weighted by molar-refractivity contribution is -0.133. The quantitative estimate of drug-likeness (QED) is 0.450. The van der Waals surface area contributed by atoms with Crippen LogP contribution in [0.5, 0.6) is 5.75 Å². The zero-order valence-electron chi connectivity index (χ0n) is 21.5. The molecule has 4 heterocycles. The van der Waals surface area contributed by atoms with E-state index in [0.717, 1.165) is 59.5 Å². The maximum Gasteiger partial charge on any atom is 0.244 e. The van der Waals surface area contributed by atoms with E-state index in [1.807, 2.05) is 69.0 Å². The number of carbonyl (C=O) groups is 1. The number of rotatable bonds is 7. The number of aryl methyl sites for hydroxylation is 2. The molecule has 3 aromatic rings. The van der Waals surface area contributed by atoms with Crippen LogP contribution in [0.1, 0.15) is 61.1 Å². The van der Waals surface area contributed by atoms with Gasteiger partial charge in [0.2, 0.25) is 5.91 Å². The Morgan fingerprint density at radius 1 is 1.17 bits per heavy atom. The zero-order valence-corrected chi connectivity index (χ0v) is 22.3. The summed E-state index contributed by atoms with van der Waals surface area (Å²) in [6.45, 7) is 10.2. The fourth-order valence-electron chi connectivity index (χ4n) is 4.42. The Bertz CT molecular complexity index is 1170. The molecule has 8 nitrogen and oxygen atoms in total. The van der Waals surface area contributed by atoms with Crippen LogP contribution in [-0.4, -0.2) is 57.1 Å². The van der Waals surface area contributed by atoms with E-state index in [0.29, 0.717) is 25.5 Å². The molecule has 36 heavy (non-hydrogen) atoms. The van der Waals surface area contributed by atoms with Gasteiger partial charge in [-0.05, 0) is 44.9 Å². The van der Waals surface area contributed by atoms with Crippen LogP contribution >= 0.6 is 11.3 Å². The molecule has 5 rings (SSSR count). The Hall–Kier alpha value is -3.20. The lowest BCUT2D eigenvalue weighted by Crippen LogP contribution is -2.40. The molecular formula is C27H35N5O3S. The summed E-state index contributed by atoms with van der Waals surface area (Å²) in [6, 6.07) is 11.7. The number of oxime groups is 1. The van der Waals surface area contributed by atoms with Crippen LogP contribution in [0.2, 0.25) is 0 Å². The number of nitrogens with zero attached hydrogens (tertiary/aromatic N) is 5. The molecule has 1 atom stereocenters. The second-order valence-corrected chi connectivity index (χ2v) is 9.79. The first-order valence-electron chi connectivity index (χ1n) is 12.7. The molecule has 0 N–H and O–H groups in total. The van der Waals surface area contributed by atoms with Crippen LogP contribution in [0.25, 0.3) is 0 Å². The van der Waals surface area contributed by atoms with Gasteiger partial charge in [-0.25, -0.2) is 4.98 Å². The van der Waals surface area contributed by atoms with Crippen LogP contribution in [0.3, 0.4) is 0 Å². The number of piperidine rings is 1. The van der Waals surface area contributed by atoms with Crippen molar-refractivity contribution in [2.75, 3.05) is 19.7 Å². The highest BCUT2D eigenvalue weighted by Crippen LogP contribution is 2.31. The Labute approximate surface area is 216 Å². The standard InChI is InChI=1S/C25H29N5O3S.C2H6/c1-17-12-18(2)30(27-17)14-24(31)29-10-8-19(9-11-29)25-26-23(16-34-25)22-13-21(33-28-22)15-32-20-6-4-3-5-7-20;1-2/h3-7,12,16,19,21H,8-11,13-15H2,1-2H3;1-2H3. The summed E-state index contributed by atoms with van der Waals surface area (Å²) in [6.07, 6.45) is 2.44. The number of aromatic nitrogens is 3. The van der Waals surface area contributed by atoms with E-state index in [9.17, 15) is 4.79 Å². The van der Waals surface area contributed by atoms with Crippen molar-refractivity contribution in [1.29, 1.82) is 0 Å². The third kappa shape index (κ3) is 6.32. The maximum absolute atomic E-state index is 12.7. The molecule has 1 amide bonds. The molecule has 1 fully saturated rings. The van der Waals surface area contributed by atoms with Gasteiger partial charge in [-0.15, -0.1) is 11.3 Å². The molecule has 0 spiro atoms. The Kier molecular flexibility index (Phi) is 8.74. The van der Waals surface area contributed by atoms with Crippen molar-refractivity contribution in [3.8, 4) is 5.75 Å². The number of amides is 1. The van der Waals surface area contributed by atoms with Gasteiger partial charge in [0, 0.05) is 36.5 Å². The van der Waals surface area contributed by atoms with Crippen LogP contribution in [0.15, 0.2) is 46.9 Å². The predicted molar refractivity (Wildman–Crippen MR) is 142 cm³/mol. The third-order valence-corrected chi connectivity index (χ3v) is 7.32. The van der Waals surface area contributed by atoms with Gasteiger partial charge in [-0.2, -0.15) is 5.10 Å². The normalized spacial score (nSPS) is 17.7. The number of para-hydroxylation sites is 1. The highest BCUT2D eigenvalue weighted by molar-refractivity contribution is 7.10.